The Labute approximate surface area is 188 Å². The van der Waals surface area contributed by atoms with Crippen molar-refractivity contribution in [3.63, 3.8) is 0 Å². The number of benzene rings is 3. The number of aromatic nitrogens is 1. The van der Waals surface area contributed by atoms with Gasteiger partial charge in [0.25, 0.3) is 0 Å². The highest BCUT2D eigenvalue weighted by atomic mass is 79.9. The summed E-state index contributed by atoms with van der Waals surface area (Å²) < 4.78 is 2.28. The van der Waals surface area contributed by atoms with E-state index in [4.69, 9.17) is 0 Å². The second-order valence-electron chi connectivity index (χ2n) is 7.18. The molecule has 0 aliphatic heterocycles. The Kier molecular flexibility index (Phi) is 6.78. The lowest BCUT2D eigenvalue weighted by atomic mass is 9.94. The monoisotopic (exact) mass is 462 g/mol. The van der Waals surface area contributed by atoms with E-state index in [1.165, 1.54) is 0 Å². The van der Waals surface area contributed by atoms with Gasteiger partial charge in [-0.25, -0.2) is 0 Å². The van der Waals surface area contributed by atoms with Crippen LogP contribution in [0.2, 0.25) is 0 Å². The van der Waals surface area contributed by atoms with Crippen LogP contribution in [0.5, 0.6) is 5.75 Å². The van der Waals surface area contributed by atoms with Crippen LogP contribution >= 0.6 is 0 Å². The highest BCUT2D eigenvalue weighted by Gasteiger charge is 2.22. The van der Waals surface area contributed by atoms with E-state index >= 15 is 0 Å². The van der Waals surface area contributed by atoms with Crippen molar-refractivity contribution < 1.29 is 26.7 Å². The molecular formula is C26H27BrN2O. The van der Waals surface area contributed by atoms with Gasteiger partial charge in [0.05, 0.1) is 10.8 Å². The SMILES string of the molecule is C=CC[n+]1c2ccccc2c(-c2ccc(N(CC)CC)cc2O)c2ccccc21.[Br-]. The lowest BCUT2D eigenvalue weighted by Crippen LogP contribution is -3.00. The minimum atomic E-state index is 0. The molecular weight excluding hydrogens is 436 g/mol. The third-order valence-electron chi connectivity index (χ3n) is 5.62. The molecule has 0 bridgehead atoms. The summed E-state index contributed by atoms with van der Waals surface area (Å²) in [6.07, 6.45) is 1.93. The standard InChI is InChI=1S/C26H26N2O.BrH/c1-4-17-28-23-13-9-7-11-20(23)26(21-12-8-10-14-24(21)28)22-16-15-19(18-25(22)29)27(5-2)6-3;/h4,7-16,18H,1,5-6,17H2,2-3H3;1H. The van der Waals surface area contributed by atoms with Crippen molar-refractivity contribution in [1.82, 2.24) is 0 Å². The first kappa shape index (κ1) is 21.8. The molecule has 1 aromatic heterocycles. The Hall–Kier alpha value is -2.85. The van der Waals surface area contributed by atoms with Crippen molar-refractivity contribution in [2.45, 2.75) is 20.4 Å². The molecule has 3 aromatic carbocycles. The molecule has 4 rings (SSSR count). The predicted octanol–water partition coefficient (Wildman–Crippen LogP) is 2.69. The van der Waals surface area contributed by atoms with Crippen LogP contribution in [0.1, 0.15) is 13.8 Å². The largest absolute Gasteiger partial charge is 1.00 e. The Morgan fingerprint density at radius 2 is 1.47 bits per heavy atom. The summed E-state index contributed by atoms with van der Waals surface area (Å²) in [7, 11) is 0. The average Bonchev–Trinajstić information content (AvgIpc) is 2.75. The van der Waals surface area contributed by atoms with Crippen LogP contribution in [0.15, 0.2) is 79.4 Å². The van der Waals surface area contributed by atoms with Gasteiger partial charge in [-0.3, -0.25) is 0 Å². The topological polar surface area (TPSA) is 27.4 Å². The summed E-state index contributed by atoms with van der Waals surface area (Å²) in [5.41, 5.74) is 5.24. The molecule has 0 saturated heterocycles. The fourth-order valence-electron chi connectivity index (χ4n) is 4.25. The molecule has 30 heavy (non-hydrogen) atoms. The van der Waals surface area contributed by atoms with Crippen molar-refractivity contribution in [2.24, 2.45) is 0 Å². The number of fused-ring (bicyclic) bond motifs is 2. The Morgan fingerprint density at radius 1 is 0.900 bits per heavy atom. The molecule has 3 nitrogen and oxygen atoms in total. The minimum absolute atomic E-state index is 0. The number of allylic oxidation sites excluding steroid dienone is 1. The van der Waals surface area contributed by atoms with Gasteiger partial charge in [0.15, 0.2) is 6.54 Å². The van der Waals surface area contributed by atoms with E-state index in [2.05, 4.69) is 90.6 Å². The second kappa shape index (κ2) is 9.31. The number of anilines is 1. The molecule has 0 spiro atoms. The molecule has 0 unspecified atom stereocenters. The zero-order valence-electron chi connectivity index (χ0n) is 17.5. The molecule has 0 radical (unpaired) electrons. The quantitative estimate of drug-likeness (QED) is 0.271. The van der Waals surface area contributed by atoms with Gasteiger partial charge in [-0.2, -0.15) is 4.57 Å². The molecule has 0 fully saturated rings. The van der Waals surface area contributed by atoms with Crippen molar-refractivity contribution >= 4 is 27.5 Å². The Morgan fingerprint density at radius 3 is 1.97 bits per heavy atom. The van der Waals surface area contributed by atoms with Crippen LogP contribution < -0.4 is 26.4 Å². The number of nitrogens with zero attached hydrogens (tertiary/aromatic N) is 2. The summed E-state index contributed by atoms with van der Waals surface area (Å²) in [4.78, 5) is 2.24. The van der Waals surface area contributed by atoms with Gasteiger partial charge < -0.3 is 27.0 Å². The molecule has 0 saturated carbocycles. The van der Waals surface area contributed by atoms with Crippen LogP contribution in [0.4, 0.5) is 5.69 Å². The van der Waals surface area contributed by atoms with Gasteiger partial charge in [-0.05, 0) is 44.2 Å². The van der Waals surface area contributed by atoms with E-state index in [0.717, 1.165) is 58.3 Å². The number of para-hydroxylation sites is 2. The number of aromatic hydroxyl groups is 1. The minimum Gasteiger partial charge on any atom is -1.00 e. The smallest absolute Gasteiger partial charge is 0.213 e. The maximum atomic E-state index is 11.0. The average molecular weight is 463 g/mol. The summed E-state index contributed by atoms with van der Waals surface area (Å²) in [6.45, 7) is 10.8. The third kappa shape index (κ3) is 3.68. The molecule has 154 valence electrons. The van der Waals surface area contributed by atoms with E-state index < -0.39 is 0 Å². The first-order valence-electron chi connectivity index (χ1n) is 10.2. The molecule has 0 aliphatic carbocycles. The molecule has 0 aliphatic rings. The van der Waals surface area contributed by atoms with E-state index in [-0.39, 0.29) is 17.0 Å². The van der Waals surface area contributed by atoms with E-state index in [9.17, 15) is 5.11 Å². The van der Waals surface area contributed by atoms with Gasteiger partial charge in [0, 0.05) is 48.1 Å². The van der Waals surface area contributed by atoms with Gasteiger partial charge in [-0.1, -0.05) is 30.8 Å². The lowest BCUT2D eigenvalue weighted by Gasteiger charge is -2.22. The zero-order chi connectivity index (χ0) is 20.4. The molecule has 0 atom stereocenters. The second-order valence-corrected chi connectivity index (χ2v) is 7.18. The van der Waals surface area contributed by atoms with Gasteiger partial charge in [0.2, 0.25) is 11.0 Å². The van der Waals surface area contributed by atoms with Crippen LogP contribution in [-0.4, -0.2) is 18.2 Å². The van der Waals surface area contributed by atoms with Crippen molar-refractivity contribution in [3.05, 3.63) is 79.4 Å². The van der Waals surface area contributed by atoms with E-state index in [1.807, 2.05) is 12.1 Å². The van der Waals surface area contributed by atoms with Crippen LogP contribution in [0.25, 0.3) is 32.9 Å². The lowest BCUT2D eigenvalue weighted by molar-refractivity contribution is -0.634. The number of pyridine rings is 1. The van der Waals surface area contributed by atoms with Gasteiger partial charge in [0.1, 0.15) is 5.75 Å². The van der Waals surface area contributed by atoms with Crippen molar-refractivity contribution in [3.8, 4) is 16.9 Å². The Bertz CT molecular complexity index is 1140. The van der Waals surface area contributed by atoms with Crippen LogP contribution in [-0.2, 0) is 6.54 Å². The normalized spacial score (nSPS) is 10.7. The number of halogens is 1. The fraction of sp³-hybridized carbons (Fsp3) is 0.192. The van der Waals surface area contributed by atoms with E-state index in [1.54, 1.807) is 0 Å². The maximum absolute atomic E-state index is 11.0. The summed E-state index contributed by atoms with van der Waals surface area (Å²) in [5.74, 6) is 0.311. The summed E-state index contributed by atoms with van der Waals surface area (Å²) in [6, 6.07) is 22.8. The van der Waals surface area contributed by atoms with Crippen LogP contribution in [0.3, 0.4) is 0 Å². The summed E-state index contributed by atoms with van der Waals surface area (Å²) in [5, 5.41) is 13.3. The van der Waals surface area contributed by atoms with E-state index in [0.29, 0.717) is 5.75 Å². The van der Waals surface area contributed by atoms with Crippen molar-refractivity contribution in [2.75, 3.05) is 18.0 Å². The number of hydrogen-bond donors (Lipinski definition) is 1. The van der Waals surface area contributed by atoms with Gasteiger partial charge in [-0.15, -0.1) is 0 Å². The first-order chi connectivity index (χ1) is 14.2. The number of hydrogen-bond acceptors (Lipinski definition) is 2. The maximum Gasteiger partial charge on any atom is 0.213 e. The molecule has 4 heteroatoms. The number of phenols is 1. The Balaban J connectivity index is 0.00000256. The highest BCUT2D eigenvalue weighted by molar-refractivity contribution is 6.08. The van der Waals surface area contributed by atoms with Crippen LogP contribution in [0, 0.1) is 0 Å². The first-order valence-corrected chi connectivity index (χ1v) is 10.2. The van der Waals surface area contributed by atoms with Crippen molar-refractivity contribution in [1.29, 1.82) is 0 Å². The molecule has 1 heterocycles. The highest BCUT2D eigenvalue weighted by Crippen LogP contribution is 2.40. The zero-order valence-corrected chi connectivity index (χ0v) is 19.1. The molecule has 1 N–H and O–H groups in total. The summed E-state index contributed by atoms with van der Waals surface area (Å²) >= 11 is 0. The predicted molar refractivity (Wildman–Crippen MR) is 123 cm³/mol. The third-order valence-corrected chi connectivity index (χ3v) is 5.62. The fourth-order valence-corrected chi connectivity index (χ4v) is 4.25. The molecule has 4 aromatic rings. The number of phenolic OH excluding ortho intramolecular Hbond substituents is 1. The van der Waals surface area contributed by atoms with Gasteiger partial charge >= 0.3 is 0 Å². The molecule has 0 amide bonds. The number of rotatable bonds is 6.